The lowest BCUT2D eigenvalue weighted by atomic mass is 10.0. The molecule has 1 aliphatic heterocycles. The van der Waals surface area contributed by atoms with Gasteiger partial charge in [-0.2, -0.15) is 0 Å². The van der Waals surface area contributed by atoms with Crippen molar-refractivity contribution >= 4 is 34.1 Å². The molecule has 0 bridgehead atoms. The number of aryl methyl sites for hydroxylation is 2. The molecule has 0 aliphatic carbocycles. The van der Waals surface area contributed by atoms with Gasteiger partial charge in [-0.05, 0) is 55.3 Å². The average Bonchev–Trinajstić information content (AvgIpc) is 2.89. The highest BCUT2D eigenvalue weighted by Crippen LogP contribution is 2.28. The highest BCUT2D eigenvalue weighted by atomic mass is 16.2. The zero-order valence-corrected chi connectivity index (χ0v) is 20.9. The van der Waals surface area contributed by atoms with Gasteiger partial charge in [0.05, 0.1) is 16.8 Å². The number of anilines is 2. The molecule has 0 radical (unpaired) electrons. The number of nitrogens with one attached hydrogen (secondary N) is 1. The number of hydrogen-bond donors (Lipinski definition) is 1. The molecular formula is C30H30N4O2. The van der Waals surface area contributed by atoms with E-state index in [1.54, 1.807) is 0 Å². The van der Waals surface area contributed by atoms with Crippen LogP contribution in [0, 0.1) is 13.8 Å². The molecule has 2 heterocycles. The lowest BCUT2D eigenvalue weighted by Crippen LogP contribution is -2.49. The minimum atomic E-state index is -0.114. The summed E-state index contributed by atoms with van der Waals surface area (Å²) in [6, 6.07) is 23.8. The van der Waals surface area contributed by atoms with Crippen LogP contribution in [0.4, 0.5) is 11.4 Å². The molecule has 4 aromatic rings. The summed E-state index contributed by atoms with van der Waals surface area (Å²) >= 11 is 0. The Morgan fingerprint density at radius 2 is 1.58 bits per heavy atom. The van der Waals surface area contributed by atoms with E-state index < -0.39 is 0 Å². The highest BCUT2D eigenvalue weighted by Gasteiger charge is 2.25. The van der Waals surface area contributed by atoms with Gasteiger partial charge in [0.15, 0.2) is 0 Å². The molecule has 5 rings (SSSR count). The lowest BCUT2D eigenvalue weighted by Gasteiger charge is -2.37. The maximum atomic E-state index is 13.8. The van der Waals surface area contributed by atoms with Crippen molar-refractivity contribution in [2.45, 2.75) is 20.8 Å². The minimum Gasteiger partial charge on any atom is -0.368 e. The number of carbonyl (C=O) groups is 2. The molecule has 2 amide bonds. The number of pyridine rings is 1. The van der Waals surface area contributed by atoms with Crippen LogP contribution >= 0.6 is 0 Å². The van der Waals surface area contributed by atoms with Gasteiger partial charge in [-0.3, -0.25) is 9.59 Å². The zero-order valence-electron chi connectivity index (χ0n) is 20.9. The topological polar surface area (TPSA) is 65.5 Å². The summed E-state index contributed by atoms with van der Waals surface area (Å²) in [6.45, 7) is 8.68. The maximum Gasteiger partial charge on any atom is 0.254 e. The summed E-state index contributed by atoms with van der Waals surface area (Å²) in [4.78, 5) is 34.3. The zero-order chi connectivity index (χ0) is 25.2. The van der Waals surface area contributed by atoms with E-state index in [1.165, 1.54) is 23.7 Å². The number of nitrogens with zero attached hydrogens (tertiary/aromatic N) is 3. The fraction of sp³-hybridized carbons (Fsp3) is 0.233. The van der Waals surface area contributed by atoms with Crippen LogP contribution in [0.1, 0.15) is 28.4 Å². The van der Waals surface area contributed by atoms with Gasteiger partial charge in [0, 0.05) is 55.4 Å². The van der Waals surface area contributed by atoms with E-state index in [0.717, 1.165) is 40.9 Å². The Morgan fingerprint density at radius 1 is 0.861 bits per heavy atom. The van der Waals surface area contributed by atoms with Crippen molar-refractivity contribution < 1.29 is 9.59 Å². The molecule has 6 nitrogen and oxygen atoms in total. The molecule has 3 aromatic carbocycles. The maximum absolute atomic E-state index is 13.8. The first-order valence-corrected chi connectivity index (χ1v) is 12.3. The Labute approximate surface area is 211 Å². The molecule has 6 heteroatoms. The molecule has 1 saturated heterocycles. The van der Waals surface area contributed by atoms with Crippen LogP contribution in [0.5, 0.6) is 0 Å². The smallest absolute Gasteiger partial charge is 0.254 e. The number of piperazine rings is 1. The van der Waals surface area contributed by atoms with Crippen LogP contribution < -0.4 is 10.2 Å². The van der Waals surface area contributed by atoms with Gasteiger partial charge in [0.2, 0.25) is 5.91 Å². The first-order valence-electron chi connectivity index (χ1n) is 12.3. The van der Waals surface area contributed by atoms with Crippen molar-refractivity contribution in [1.29, 1.82) is 0 Å². The summed E-state index contributed by atoms with van der Waals surface area (Å²) in [6.07, 6.45) is 0. The van der Waals surface area contributed by atoms with Gasteiger partial charge < -0.3 is 15.1 Å². The van der Waals surface area contributed by atoms with Crippen LogP contribution in [0.15, 0.2) is 72.8 Å². The van der Waals surface area contributed by atoms with E-state index >= 15 is 0 Å². The Bertz CT molecular complexity index is 1440. The van der Waals surface area contributed by atoms with Crippen molar-refractivity contribution in [2.75, 3.05) is 36.4 Å². The molecule has 1 N–H and O–H groups in total. The minimum absolute atomic E-state index is 0.0327. The number of amides is 2. The SMILES string of the molecule is CC(=O)Nc1ccc(-c2cc(C(=O)N3CCN(c4cc(C)ccc4C)CC3)c3ccccc3n2)cc1. The van der Waals surface area contributed by atoms with E-state index in [9.17, 15) is 9.59 Å². The van der Waals surface area contributed by atoms with Crippen LogP contribution in [0.25, 0.3) is 22.2 Å². The van der Waals surface area contributed by atoms with Crippen LogP contribution in [0.2, 0.25) is 0 Å². The third kappa shape index (κ3) is 4.80. The summed E-state index contributed by atoms with van der Waals surface area (Å²) in [5.41, 5.74) is 7.57. The van der Waals surface area contributed by atoms with Crippen molar-refractivity contribution in [2.24, 2.45) is 0 Å². The van der Waals surface area contributed by atoms with E-state index in [1.807, 2.05) is 59.5 Å². The molecule has 0 unspecified atom stereocenters. The number of hydrogen-bond acceptors (Lipinski definition) is 4. The number of rotatable bonds is 4. The third-order valence-corrected chi connectivity index (χ3v) is 6.72. The van der Waals surface area contributed by atoms with E-state index in [0.29, 0.717) is 18.7 Å². The number of fused-ring (bicyclic) bond motifs is 1. The number of para-hydroxylation sites is 1. The number of carbonyl (C=O) groups excluding carboxylic acids is 2. The van der Waals surface area contributed by atoms with Crippen LogP contribution in [0.3, 0.4) is 0 Å². The summed E-state index contributed by atoms with van der Waals surface area (Å²) in [7, 11) is 0. The summed E-state index contributed by atoms with van der Waals surface area (Å²) in [5, 5.41) is 3.64. The molecule has 1 aromatic heterocycles. The first-order chi connectivity index (χ1) is 17.4. The monoisotopic (exact) mass is 478 g/mol. The quantitative estimate of drug-likeness (QED) is 0.424. The van der Waals surface area contributed by atoms with Crippen LogP contribution in [-0.2, 0) is 4.79 Å². The Kier molecular flexibility index (Phi) is 6.42. The summed E-state index contributed by atoms with van der Waals surface area (Å²) < 4.78 is 0. The van der Waals surface area contributed by atoms with Gasteiger partial charge >= 0.3 is 0 Å². The highest BCUT2D eigenvalue weighted by molar-refractivity contribution is 6.07. The van der Waals surface area contributed by atoms with Gasteiger partial charge in [-0.1, -0.05) is 42.5 Å². The predicted molar refractivity (Wildman–Crippen MR) is 146 cm³/mol. The van der Waals surface area contributed by atoms with Crippen molar-refractivity contribution in [1.82, 2.24) is 9.88 Å². The number of benzene rings is 3. The molecular weight excluding hydrogens is 448 g/mol. The predicted octanol–water partition coefficient (Wildman–Crippen LogP) is 5.44. The number of aromatic nitrogens is 1. The van der Waals surface area contributed by atoms with Gasteiger partial charge in [-0.25, -0.2) is 4.98 Å². The standard InChI is InChI=1S/C30H30N4O2/c1-20-8-9-21(2)29(18-20)33-14-16-34(17-15-33)30(36)26-19-28(32-27-7-5-4-6-25(26)27)23-10-12-24(13-11-23)31-22(3)35/h4-13,18-19H,14-17H2,1-3H3,(H,31,35). The van der Waals surface area contributed by atoms with E-state index in [4.69, 9.17) is 4.98 Å². The second kappa shape index (κ2) is 9.82. The third-order valence-electron chi connectivity index (χ3n) is 6.72. The van der Waals surface area contributed by atoms with Crippen molar-refractivity contribution in [3.8, 4) is 11.3 Å². The second-order valence-corrected chi connectivity index (χ2v) is 9.40. The van der Waals surface area contributed by atoms with E-state index in [2.05, 4.69) is 42.3 Å². The largest absolute Gasteiger partial charge is 0.368 e. The molecule has 36 heavy (non-hydrogen) atoms. The molecule has 1 fully saturated rings. The molecule has 1 aliphatic rings. The van der Waals surface area contributed by atoms with Gasteiger partial charge in [0.1, 0.15) is 0 Å². The Morgan fingerprint density at radius 3 is 2.31 bits per heavy atom. The second-order valence-electron chi connectivity index (χ2n) is 9.40. The average molecular weight is 479 g/mol. The van der Waals surface area contributed by atoms with E-state index in [-0.39, 0.29) is 11.8 Å². The Hall–Kier alpha value is -4.19. The lowest BCUT2D eigenvalue weighted by molar-refractivity contribution is -0.114. The van der Waals surface area contributed by atoms with Gasteiger partial charge in [-0.15, -0.1) is 0 Å². The first kappa shape index (κ1) is 23.5. The molecule has 0 atom stereocenters. The fourth-order valence-corrected chi connectivity index (χ4v) is 4.81. The normalized spacial score (nSPS) is 13.6. The molecule has 0 saturated carbocycles. The van der Waals surface area contributed by atoms with Gasteiger partial charge in [0.25, 0.3) is 5.91 Å². The van der Waals surface area contributed by atoms with Crippen molar-refractivity contribution in [3.63, 3.8) is 0 Å². The molecule has 0 spiro atoms. The van der Waals surface area contributed by atoms with Crippen molar-refractivity contribution in [3.05, 3.63) is 89.5 Å². The van der Waals surface area contributed by atoms with Crippen LogP contribution in [-0.4, -0.2) is 47.9 Å². The fourth-order valence-electron chi connectivity index (χ4n) is 4.81. The molecule has 182 valence electrons. The summed E-state index contributed by atoms with van der Waals surface area (Å²) in [5.74, 6) is -0.0811. The Balaban J connectivity index is 1.42.